The Bertz CT molecular complexity index is 1310. The molecule has 0 radical (unpaired) electrons. The lowest BCUT2D eigenvalue weighted by Gasteiger charge is -2.48. The molecule has 3 saturated heterocycles. The summed E-state index contributed by atoms with van der Waals surface area (Å²) in [5.41, 5.74) is 0.460. The Morgan fingerprint density at radius 2 is 1.21 bits per heavy atom. The number of rotatable bonds is 13. The molecule has 0 saturated carbocycles. The molecule has 1 aromatic carbocycles. The van der Waals surface area contributed by atoms with Crippen molar-refractivity contribution >= 4 is 17.5 Å². The van der Waals surface area contributed by atoms with Crippen LogP contribution >= 0.6 is 0 Å². The van der Waals surface area contributed by atoms with E-state index in [0.717, 1.165) is 6.92 Å². The molecule has 3 aliphatic heterocycles. The van der Waals surface area contributed by atoms with E-state index in [2.05, 4.69) is 5.32 Å². The fourth-order valence-corrected chi connectivity index (χ4v) is 5.84. The van der Waals surface area contributed by atoms with Crippen LogP contribution in [0.3, 0.4) is 0 Å². The largest absolute Gasteiger partial charge is 0.471 e. The second kappa shape index (κ2) is 18.1. The standard InChI is InChI=1S/C30H43F3N2O17/c1-11(39)34-17-19(41)24(15(9-37)49-26(17)47-7-6-12-2-4-13(5-3-12)35-29(46)30(31,32)33)51-28-23(45)21(43)25(16(10-38)50-28)52-27-22(44)20(42)18(40)14(8-36)48-27/h2-5,14-28,36-38,40-45H,6-10H2,1H3,(H,34,39)(H,35,46)/t14-,15-,16-,17-,18+,19-,20+,21-,22-,23-,24-,25+,26-,27-,28+/m1/s1. The number of hydrogen-bond donors (Lipinski definition) is 11. The van der Waals surface area contributed by atoms with Crippen LogP contribution in [0.25, 0.3) is 0 Å². The first-order chi connectivity index (χ1) is 24.5. The lowest BCUT2D eigenvalue weighted by Crippen LogP contribution is -2.68. The van der Waals surface area contributed by atoms with Crippen molar-refractivity contribution in [1.82, 2.24) is 5.32 Å². The van der Waals surface area contributed by atoms with Crippen molar-refractivity contribution in [3.63, 3.8) is 0 Å². The smallest absolute Gasteiger partial charge is 0.394 e. The Hall–Kier alpha value is -2.65. The number of alkyl halides is 3. The van der Waals surface area contributed by atoms with Gasteiger partial charge in [0.15, 0.2) is 18.9 Å². The van der Waals surface area contributed by atoms with Gasteiger partial charge in [0.2, 0.25) is 5.91 Å². The molecule has 3 fully saturated rings. The number of benzene rings is 1. The van der Waals surface area contributed by atoms with Gasteiger partial charge in [-0.15, -0.1) is 0 Å². The number of aliphatic hydroxyl groups excluding tert-OH is 9. The van der Waals surface area contributed by atoms with Crippen molar-refractivity contribution in [2.75, 3.05) is 31.7 Å². The number of hydrogen-bond acceptors (Lipinski definition) is 17. The van der Waals surface area contributed by atoms with Crippen LogP contribution in [0.15, 0.2) is 24.3 Å². The fraction of sp³-hybridized carbons (Fsp3) is 0.733. The van der Waals surface area contributed by atoms with Crippen molar-refractivity contribution in [3.05, 3.63) is 29.8 Å². The van der Waals surface area contributed by atoms with E-state index in [1.54, 1.807) is 5.32 Å². The molecule has 4 rings (SSSR count). The summed E-state index contributed by atoms with van der Waals surface area (Å²) < 4.78 is 71.2. The normalized spacial score (nSPS) is 38.4. The van der Waals surface area contributed by atoms with Crippen molar-refractivity contribution in [2.24, 2.45) is 0 Å². The van der Waals surface area contributed by atoms with Crippen LogP contribution in [0.2, 0.25) is 0 Å². The summed E-state index contributed by atoms with van der Waals surface area (Å²) >= 11 is 0. The van der Waals surface area contributed by atoms with Crippen molar-refractivity contribution in [3.8, 4) is 0 Å². The highest BCUT2D eigenvalue weighted by atomic mass is 19.4. The van der Waals surface area contributed by atoms with Gasteiger partial charge in [0.25, 0.3) is 0 Å². The molecule has 1 aromatic rings. The van der Waals surface area contributed by atoms with Crippen molar-refractivity contribution in [2.45, 2.75) is 112 Å². The number of carbonyl (C=O) groups excluding carboxylic acids is 2. The van der Waals surface area contributed by atoms with Crippen LogP contribution in [0.4, 0.5) is 18.9 Å². The maximum atomic E-state index is 12.5. The predicted octanol–water partition coefficient (Wildman–Crippen LogP) is -4.66. The summed E-state index contributed by atoms with van der Waals surface area (Å²) in [7, 11) is 0. The molecule has 296 valence electrons. The molecule has 2 amide bonds. The molecular weight excluding hydrogens is 717 g/mol. The second-order valence-corrected chi connectivity index (χ2v) is 12.3. The summed E-state index contributed by atoms with van der Waals surface area (Å²) in [6.45, 7) is -1.48. The van der Waals surface area contributed by atoms with Crippen LogP contribution in [0, 0.1) is 0 Å². The van der Waals surface area contributed by atoms with E-state index in [1.807, 2.05) is 0 Å². The summed E-state index contributed by atoms with van der Waals surface area (Å²) in [6.07, 6.45) is -28.5. The molecule has 15 atom stereocenters. The van der Waals surface area contributed by atoms with Gasteiger partial charge in [0.1, 0.15) is 73.2 Å². The number of halogens is 3. The highest BCUT2D eigenvalue weighted by Crippen LogP contribution is 2.33. The Balaban J connectivity index is 1.40. The van der Waals surface area contributed by atoms with Crippen molar-refractivity contribution in [1.29, 1.82) is 0 Å². The average molecular weight is 761 g/mol. The average Bonchev–Trinajstić information content (AvgIpc) is 3.10. The third kappa shape index (κ3) is 9.90. The summed E-state index contributed by atoms with van der Waals surface area (Å²) in [5, 5.41) is 97.3. The molecule has 3 aliphatic rings. The maximum absolute atomic E-state index is 12.5. The number of aliphatic hydroxyl groups is 9. The van der Waals surface area contributed by atoms with Gasteiger partial charge < -0.3 is 85.0 Å². The Labute approximate surface area is 293 Å². The molecule has 52 heavy (non-hydrogen) atoms. The van der Waals surface area contributed by atoms with Gasteiger partial charge >= 0.3 is 12.1 Å². The highest BCUT2D eigenvalue weighted by molar-refractivity contribution is 5.94. The van der Waals surface area contributed by atoms with Gasteiger partial charge in [0, 0.05) is 12.6 Å². The number of carbonyl (C=O) groups is 2. The Kier molecular flexibility index (Phi) is 14.7. The number of amides is 2. The van der Waals surface area contributed by atoms with E-state index in [4.69, 9.17) is 28.4 Å². The quantitative estimate of drug-likeness (QED) is 0.0901. The number of nitrogens with one attached hydrogen (secondary N) is 2. The molecule has 0 aliphatic carbocycles. The van der Waals surface area contributed by atoms with E-state index >= 15 is 0 Å². The predicted molar refractivity (Wildman–Crippen MR) is 161 cm³/mol. The fourth-order valence-electron chi connectivity index (χ4n) is 5.84. The third-order valence-corrected chi connectivity index (χ3v) is 8.62. The van der Waals surface area contributed by atoms with Crippen LogP contribution in [-0.2, 0) is 44.4 Å². The molecule has 0 bridgehead atoms. The minimum atomic E-state index is -5.07. The lowest BCUT2D eigenvalue weighted by atomic mass is 9.95. The van der Waals surface area contributed by atoms with E-state index in [-0.39, 0.29) is 18.7 Å². The highest BCUT2D eigenvalue weighted by Gasteiger charge is 2.54. The van der Waals surface area contributed by atoms with Gasteiger partial charge in [-0.05, 0) is 24.1 Å². The Morgan fingerprint density at radius 3 is 1.73 bits per heavy atom. The summed E-state index contributed by atoms with van der Waals surface area (Å²) in [6, 6.07) is 3.99. The zero-order chi connectivity index (χ0) is 38.5. The SMILES string of the molecule is CC(=O)N[C@H]1[C@H](OCCc2ccc(NC(=O)C(F)(F)F)cc2)O[C@H](CO)[C@@H](O[C@@H]2O[C@H](CO)[C@H](O[C@H]3O[C@H](CO)[C@H](O)[C@H](O)[C@H]3O)[C@H](O)[C@H]2O)[C@@H]1O. The third-order valence-electron chi connectivity index (χ3n) is 8.62. The first-order valence-electron chi connectivity index (χ1n) is 16.0. The van der Waals surface area contributed by atoms with Crippen LogP contribution in [0.1, 0.15) is 12.5 Å². The molecule has 0 spiro atoms. The maximum Gasteiger partial charge on any atom is 0.471 e. The zero-order valence-corrected chi connectivity index (χ0v) is 27.4. The molecular formula is C30H43F3N2O17. The molecule has 11 N–H and O–H groups in total. The topological polar surface area (TPSA) is 296 Å². The van der Waals surface area contributed by atoms with Gasteiger partial charge in [-0.25, -0.2) is 0 Å². The van der Waals surface area contributed by atoms with Crippen LogP contribution in [-0.4, -0.2) is 182 Å². The monoisotopic (exact) mass is 760 g/mol. The summed E-state index contributed by atoms with van der Waals surface area (Å²) in [5.74, 6) is -2.78. The van der Waals surface area contributed by atoms with E-state index in [1.165, 1.54) is 24.3 Å². The molecule has 22 heteroatoms. The minimum absolute atomic E-state index is 0.102. The van der Waals surface area contributed by atoms with Crippen LogP contribution < -0.4 is 10.6 Å². The van der Waals surface area contributed by atoms with Gasteiger partial charge in [-0.1, -0.05) is 12.1 Å². The molecule has 0 aromatic heterocycles. The van der Waals surface area contributed by atoms with E-state index < -0.39 is 130 Å². The first-order valence-corrected chi connectivity index (χ1v) is 16.0. The first kappa shape index (κ1) is 42.1. The van der Waals surface area contributed by atoms with Crippen molar-refractivity contribution < 1.29 is 97.1 Å². The molecule has 0 unspecified atom stereocenters. The number of ether oxygens (including phenoxy) is 6. The minimum Gasteiger partial charge on any atom is -0.394 e. The molecule has 19 nitrogen and oxygen atoms in total. The number of anilines is 1. The Morgan fingerprint density at radius 1 is 0.712 bits per heavy atom. The van der Waals surface area contributed by atoms with Gasteiger partial charge in [0.05, 0.1) is 26.4 Å². The van der Waals surface area contributed by atoms with Gasteiger partial charge in [-0.2, -0.15) is 13.2 Å². The second-order valence-electron chi connectivity index (χ2n) is 12.3. The van der Waals surface area contributed by atoms with E-state index in [0.29, 0.717) is 5.56 Å². The molecule has 3 heterocycles. The lowest BCUT2D eigenvalue weighted by molar-refractivity contribution is -0.374. The summed E-state index contributed by atoms with van der Waals surface area (Å²) in [4.78, 5) is 23.2. The van der Waals surface area contributed by atoms with Crippen LogP contribution in [0.5, 0.6) is 0 Å². The zero-order valence-electron chi connectivity index (χ0n) is 27.4. The van der Waals surface area contributed by atoms with E-state index in [9.17, 15) is 68.7 Å². The van der Waals surface area contributed by atoms with Gasteiger partial charge in [-0.3, -0.25) is 9.59 Å².